The molecule has 7 heteroatoms. The van der Waals surface area contributed by atoms with Crippen molar-refractivity contribution >= 4 is 45.2 Å². The number of hydrogen-bond donors (Lipinski definition) is 2. The summed E-state index contributed by atoms with van der Waals surface area (Å²) in [6.45, 7) is 2.63. The summed E-state index contributed by atoms with van der Waals surface area (Å²) in [5.74, 6) is -0.0490. The van der Waals surface area contributed by atoms with Crippen molar-refractivity contribution in [2.75, 3.05) is 6.54 Å². The second-order valence-corrected chi connectivity index (χ2v) is 4.89. The van der Waals surface area contributed by atoms with Crippen LogP contribution in [0.2, 0.25) is 0 Å². The fraction of sp³-hybridized carbons (Fsp3) is 0.300. The van der Waals surface area contributed by atoms with E-state index in [0.29, 0.717) is 17.9 Å². The van der Waals surface area contributed by atoms with Crippen LogP contribution in [0.5, 0.6) is 0 Å². The van der Waals surface area contributed by atoms with E-state index in [-0.39, 0.29) is 5.91 Å². The number of nitrogens with zero attached hydrogens (tertiary/aromatic N) is 2. The molecule has 0 aliphatic carbocycles. The van der Waals surface area contributed by atoms with E-state index in [1.165, 1.54) is 6.92 Å². The summed E-state index contributed by atoms with van der Waals surface area (Å²) in [6.07, 6.45) is 1.72. The molecule has 1 amide bonds. The average Bonchev–Trinajstić information content (AvgIpc) is 2.54. The van der Waals surface area contributed by atoms with E-state index in [1.807, 2.05) is 10.6 Å². The van der Waals surface area contributed by atoms with Crippen molar-refractivity contribution in [1.29, 1.82) is 0 Å². The Morgan fingerprint density at radius 1 is 1.71 bits per heavy atom. The van der Waals surface area contributed by atoms with Crippen molar-refractivity contribution in [3.63, 3.8) is 0 Å². The van der Waals surface area contributed by atoms with Crippen LogP contribution in [0.25, 0.3) is 11.2 Å². The summed E-state index contributed by atoms with van der Waals surface area (Å²) in [5.41, 5.74) is 1.68. The lowest BCUT2D eigenvalue weighted by atomic mass is 10.4. The molecular formula is C10H11BrN4OS. The molecule has 0 atom stereocenters. The first kappa shape index (κ1) is 12.3. The molecule has 0 aliphatic heterocycles. The number of fused-ring (bicyclic) bond motifs is 1. The summed E-state index contributed by atoms with van der Waals surface area (Å²) in [7, 11) is 0. The van der Waals surface area contributed by atoms with E-state index in [4.69, 9.17) is 12.2 Å². The number of nitrogens with one attached hydrogen (secondary N) is 2. The molecule has 0 unspecified atom stereocenters. The number of rotatable bonds is 3. The maximum Gasteiger partial charge on any atom is 0.216 e. The molecule has 0 spiro atoms. The molecule has 2 heterocycles. The molecule has 17 heavy (non-hydrogen) atoms. The molecule has 0 aliphatic rings. The lowest BCUT2D eigenvalue weighted by molar-refractivity contribution is -0.118. The van der Waals surface area contributed by atoms with Gasteiger partial charge in [-0.2, -0.15) is 0 Å². The number of imidazole rings is 1. The van der Waals surface area contributed by atoms with Gasteiger partial charge in [0.2, 0.25) is 5.91 Å². The van der Waals surface area contributed by atoms with Crippen LogP contribution in [-0.2, 0) is 11.3 Å². The zero-order chi connectivity index (χ0) is 12.4. The lowest BCUT2D eigenvalue weighted by Gasteiger charge is -2.04. The molecule has 0 saturated heterocycles. The van der Waals surface area contributed by atoms with E-state index < -0.39 is 0 Å². The molecule has 2 rings (SSSR count). The average molecular weight is 315 g/mol. The van der Waals surface area contributed by atoms with Crippen molar-refractivity contribution in [2.24, 2.45) is 0 Å². The normalized spacial score (nSPS) is 10.7. The predicted molar refractivity (Wildman–Crippen MR) is 71.3 cm³/mol. The Bertz CT molecular complexity index is 618. The van der Waals surface area contributed by atoms with Crippen LogP contribution >= 0.6 is 28.1 Å². The van der Waals surface area contributed by atoms with Gasteiger partial charge in [-0.25, -0.2) is 4.98 Å². The quantitative estimate of drug-likeness (QED) is 0.852. The standard InChI is InChI=1S/C10H11BrN4OS/c1-6(16)12-2-3-15-9-8(14-10(15)17)4-7(11)5-13-9/h4-5H,2-3H2,1H3,(H,12,16)(H,14,17). The van der Waals surface area contributed by atoms with Crippen molar-refractivity contribution in [1.82, 2.24) is 19.9 Å². The van der Waals surface area contributed by atoms with Crippen LogP contribution in [0, 0.1) is 4.77 Å². The molecule has 0 radical (unpaired) electrons. The molecule has 90 valence electrons. The van der Waals surface area contributed by atoms with Crippen LogP contribution in [0.4, 0.5) is 0 Å². The lowest BCUT2D eigenvalue weighted by Crippen LogP contribution is -2.24. The number of amides is 1. The van der Waals surface area contributed by atoms with Crippen molar-refractivity contribution in [2.45, 2.75) is 13.5 Å². The fourth-order valence-corrected chi connectivity index (χ4v) is 2.19. The van der Waals surface area contributed by atoms with Gasteiger partial charge in [-0.05, 0) is 34.2 Å². The number of aromatic nitrogens is 3. The largest absolute Gasteiger partial charge is 0.355 e. The Balaban J connectivity index is 2.30. The topological polar surface area (TPSA) is 62.7 Å². The fourth-order valence-electron chi connectivity index (χ4n) is 1.57. The van der Waals surface area contributed by atoms with Gasteiger partial charge in [0, 0.05) is 30.7 Å². The molecule has 5 nitrogen and oxygen atoms in total. The highest BCUT2D eigenvalue weighted by molar-refractivity contribution is 9.10. The van der Waals surface area contributed by atoms with Crippen LogP contribution in [0.1, 0.15) is 6.92 Å². The molecule has 2 N–H and O–H groups in total. The third kappa shape index (κ3) is 2.73. The van der Waals surface area contributed by atoms with Crippen LogP contribution in [0.15, 0.2) is 16.7 Å². The van der Waals surface area contributed by atoms with Crippen molar-refractivity contribution in [3.05, 3.63) is 21.5 Å². The summed E-state index contributed by atoms with van der Waals surface area (Å²) in [5, 5.41) is 2.73. The third-order valence-corrected chi connectivity index (χ3v) is 3.04. The van der Waals surface area contributed by atoms with Crippen molar-refractivity contribution < 1.29 is 4.79 Å². The summed E-state index contributed by atoms with van der Waals surface area (Å²) in [4.78, 5) is 18.2. The number of H-pyrrole nitrogens is 1. The van der Waals surface area contributed by atoms with Gasteiger partial charge in [0.15, 0.2) is 10.4 Å². The second-order valence-electron chi connectivity index (χ2n) is 3.59. The molecular weight excluding hydrogens is 304 g/mol. The zero-order valence-electron chi connectivity index (χ0n) is 9.16. The highest BCUT2D eigenvalue weighted by atomic mass is 79.9. The number of pyridine rings is 1. The van der Waals surface area contributed by atoms with Gasteiger partial charge in [-0.1, -0.05) is 0 Å². The molecule has 0 fully saturated rings. The first-order valence-electron chi connectivity index (χ1n) is 5.06. The molecule has 0 saturated carbocycles. The van der Waals surface area contributed by atoms with Crippen LogP contribution < -0.4 is 5.32 Å². The van der Waals surface area contributed by atoms with Gasteiger partial charge >= 0.3 is 0 Å². The third-order valence-electron chi connectivity index (χ3n) is 2.29. The molecule has 2 aromatic rings. The Hall–Kier alpha value is -1.21. The second kappa shape index (κ2) is 4.97. The monoisotopic (exact) mass is 314 g/mol. The first-order valence-corrected chi connectivity index (χ1v) is 6.26. The summed E-state index contributed by atoms with van der Waals surface area (Å²) >= 11 is 8.57. The Kier molecular flexibility index (Phi) is 3.58. The van der Waals surface area contributed by atoms with Gasteiger partial charge in [-0.3, -0.25) is 9.36 Å². The number of aromatic amines is 1. The van der Waals surface area contributed by atoms with Gasteiger partial charge < -0.3 is 10.3 Å². The minimum Gasteiger partial charge on any atom is -0.355 e. The molecule has 2 aromatic heterocycles. The van der Waals surface area contributed by atoms with E-state index in [1.54, 1.807) is 6.20 Å². The highest BCUT2D eigenvalue weighted by Gasteiger charge is 2.05. The zero-order valence-corrected chi connectivity index (χ0v) is 11.6. The Morgan fingerprint density at radius 3 is 3.18 bits per heavy atom. The smallest absolute Gasteiger partial charge is 0.216 e. The highest BCUT2D eigenvalue weighted by Crippen LogP contribution is 2.16. The van der Waals surface area contributed by atoms with Gasteiger partial charge in [-0.15, -0.1) is 0 Å². The van der Waals surface area contributed by atoms with Gasteiger partial charge in [0.25, 0.3) is 0 Å². The van der Waals surface area contributed by atoms with Gasteiger partial charge in [0.05, 0.1) is 5.52 Å². The SMILES string of the molecule is CC(=O)NCCn1c(=S)[nH]c2cc(Br)cnc21. The number of carbonyl (C=O) groups excluding carboxylic acids is 1. The predicted octanol–water partition coefficient (Wildman–Crippen LogP) is 1.99. The number of carbonyl (C=O) groups is 1. The number of hydrogen-bond acceptors (Lipinski definition) is 3. The molecule has 0 aromatic carbocycles. The summed E-state index contributed by atoms with van der Waals surface area (Å²) < 4.78 is 3.37. The van der Waals surface area contributed by atoms with E-state index >= 15 is 0 Å². The number of halogens is 1. The maximum absolute atomic E-state index is 10.8. The van der Waals surface area contributed by atoms with Crippen molar-refractivity contribution in [3.8, 4) is 0 Å². The van der Waals surface area contributed by atoms with E-state index in [9.17, 15) is 4.79 Å². The summed E-state index contributed by atoms with van der Waals surface area (Å²) in [6, 6.07) is 1.92. The first-order chi connectivity index (χ1) is 8.08. The van der Waals surface area contributed by atoms with E-state index in [0.717, 1.165) is 15.6 Å². The van der Waals surface area contributed by atoms with Crippen LogP contribution in [0.3, 0.4) is 0 Å². The Morgan fingerprint density at radius 2 is 2.47 bits per heavy atom. The van der Waals surface area contributed by atoms with E-state index in [2.05, 4.69) is 31.2 Å². The maximum atomic E-state index is 10.8. The van der Waals surface area contributed by atoms with Gasteiger partial charge in [0.1, 0.15) is 0 Å². The molecule has 0 bridgehead atoms. The minimum absolute atomic E-state index is 0.0490. The Labute approximate surface area is 111 Å². The minimum atomic E-state index is -0.0490. The van der Waals surface area contributed by atoms with Crippen LogP contribution in [-0.4, -0.2) is 27.0 Å².